The van der Waals surface area contributed by atoms with Crippen molar-refractivity contribution in [2.45, 2.75) is 45.0 Å². The number of alkyl halides is 3. The monoisotopic (exact) mass is 483 g/mol. The molecule has 7 nitrogen and oxygen atoms in total. The summed E-state index contributed by atoms with van der Waals surface area (Å²) in [5, 5.41) is 3.07. The first-order chi connectivity index (χ1) is 16.8. The molecule has 0 saturated heterocycles. The van der Waals surface area contributed by atoms with Crippen molar-refractivity contribution in [1.82, 2.24) is 4.98 Å². The van der Waals surface area contributed by atoms with E-state index in [2.05, 4.69) is 36.9 Å². The molecule has 0 spiro atoms. The molecule has 5 rings (SSSR count). The number of fused-ring (bicyclic) bond motifs is 3. The van der Waals surface area contributed by atoms with E-state index in [1.165, 1.54) is 24.3 Å². The van der Waals surface area contributed by atoms with E-state index in [1.807, 2.05) is 18.3 Å². The number of nitrogens with one attached hydrogen (secondary N) is 1. The van der Waals surface area contributed by atoms with Crippen molar-refractivity contribution in [2.75, 3.05) is 11.9 Å². The Labute approximate surface area is 200 Å². The van der Waals surface area contributed by atoms with Gasteiger partial charge in [0.1, 0.15) is 11.5 Å². The molecule has 3 aliphatic rings. The summed E-state index contributed by atoms with van der Waals surface area (Å²) in [5.41, 5.74) is 3.75. The van der Waals surface area contributed by atoms with Crippen LogP contribution in [0.3, 0.4) is 0 Å². The van der Waals surface area contributed by atoms with E-state index < -0.39 is 6.36 Å². The van der Waals surface area contributed by atoms with Gasteiger partial charge in [-0.25, -0.2) is 9.98 Å². The van der Waals surface area contributed by atoms with Gasteiger partial charge in [-0.2, -0.15) is 0 Å². The molecular weight excluding hydrogens is 459 g/mol. The molecular formula is C25H24F3N5O2. The highest BCUT2D eigenvalue weighted by atomic mass is 19.4. The Morgan fingerprint density at radius 3 is 2.77 bits per heavy atom. The summed E-state index contributed by atoms with van der Waals surface area (Å²) in [7, 11) is 0. The van der Waals surface area contributed by atoms with E-state index in [-0.39, 0.29) is 11.8 Å². The molecule has 0 fully saturated rings. The highest BCUT2D eigenvalue weighted by molar-refractivity contribution is 6.50. The minimum atomic E-state index is -4.74. The van der Waals surface area contributed by atoms with Gasteiger partial charge in [0.2, 0.25) is 5.96 Å². The van der Waals surface area contributed by atoms with Gasteiger partial charge in [0.05, 0.1) is 29.8 Å². The summed E-state index contributed by atoms with van der Waals surface area (Å²) in [6.45, 7) is 2.88. The van der Waals surface area contributed by atoms with E-state index in [9.17, 15) is 13.2 Å². The third kappa shape index (κ3) is 5.70. The summed E-state index contributed by atoms with van der Waals surface area (Å²) < 4.78 is 47.1. The molecule has 3 aliphatic heterocycles. The Morgan fingerprint density at radius 1 is 1.14 bits per heavy atom. The highest BCUT2D eigenvalue weighted by Gasteiger charge is 2.31. The van der Waals surface area contributed by atoms with E-state index in [1.54, 1.807) is 6.20 Å². The molecule has 0 saturated carbocycles. The summed E-state index contributed by atoms with van der Waals surface area (Å²) in [4.78, 5) is 18.5. The second-order valence-corrected chi connectivity index (χ2v) is 8.75. The summed E-state index contributed by atoms with van der Waals surface area (Å²) in [6, 6.07) is 7.24. The maximum Gasteiger partial charge on any atom is 0.573 e. The first-order valence-electron chi connectivity index (χ1n) is 11.5. The molecule has 182 valence electrons. The topological polar surface area (TPSA) is 80.5 Å². The molecule has 2 aromatic rings. The van der Waals surface area contributed by atoms with Crippen LogP contribution in [-0.2, 0) is 6.42 Å². The van der Waals surface area contributed by atoms with Crippen LogP contribution < -0.4 is 14.8 Å². The molecule has 2 atom stereocenters. The van der Waals surface area contributed by atoms with E-state index in [4.69, 9.17) is 4.74 Å². The molecule has 2 bridgehead atoms. The van der Waals surface area contributed by atoms with Crippen LogP contribution in [0.2, 0.25) is 0 Å². The first kappa shape index (κ1) is 23.1. The number of hydrogen-bond acceptors (Lipinski definition) is 7. The van der Waals surface area contributed by atoms with E-state index in [0.717, 1.165) is 42.0 Å². The zero-order chi connectivity index (χ0) is 24.4. The van der Waals surface area contributed by atoms with Gasteiger partial charge in [-0.3, -0.25) is 9.98 Å². The first-order valence-corrected chi connectivity index (χ1v) is 11.5. The summed E-state index contributed by atoms with van der Waals surface area (Å²) in [5.74, 6) is 1.44. The lowest BCUT2D eigenvalue weighted by Crippen LogP contribution is -2.28. The fraction of sp³-hybridized carbons (Fsp3) is 0.360. The Hall–Kier alpha value is -3.69. The Balaban J connectivity index is 1.36. The van der Waals surface area contributed by atoms with Gasteiger partial charge in [-0.15, -0.1) is 13.2 Å². The number of aromatic nitrogens is 1. The van der Waals surface area contributed by atoms with E-state index >= 15 is 0 Å². The number of benzene rings is 1. The Kier molecular flexibility index (Phi) is 6.27. The minimum Gasteiger partial charge on any atom is -0.492 e. The average molecular weight is 483 g/mol. The van der Waals surface area contributed by atoms with E-state index in [0.29, 0.717) is 36.3 Å². The summed E-state index contributed by atoms with van der Waals surface area (Å²) >= 11 is 0. The van der Waals surface area contributed by atoms with Crippen molar-refractivity contribution in [3.63, 3.8) is 0 Å². The van der Waals surface area contributed by atoms with Gasteiger partial charge < -0.3 is 14.8 Å². The van der Waals surface area contributed by atoms with Crippen LogP contribution in [0.4, 0.5) is 18.9 Å². The van der Waals surface area contributed by atoms with Crippen molar-refractivity contribution in [2.24, 2.45) is 20.9 Å². The molecule has 4 heterocycles. The van der Waals surface area contributed by atoms with Crippen molar-refractivity contribution >= 4 is 23.1 Å². The van der Waals surface area contributed by atoms with Crippen molar-refractivity contribution in [3.8, 4) is 11.5 Å². The van der Waals surface area contributed by atoms with Gasteiger partial charge in [0, 0.05) is 30.1 Å². The molecule has 1 aromatic carbocycles. The smallest absolute Gasteiger partial charge is 0.492 e. The number of ether oxygens (including phenoxy) is 2. The molecule has 1 N–H and O–H groups in total. The number of rotatable bonds is 3. The van der Waals surface area contributed by atoms with Crippen LogP contribution in [-0.4, -0.2) is 41.4 Å². The van der Waals surface area contributed by atoms with Crippen molar-refractivity contribution in [1.29, 1.82) is 0 Å². The van der Waals surface area contributed by atoms with Crippen LogP contribution in [0.25, 0.3) is 0 Å². The third-order valence-corrected chi connectivity index (χ3v) is 6.01. The largest absolute Gasteiger partial charge is 0.573 e. The molecule has 0 aliphatic carbocycles. The zero-order valence-corrected chi connectivity index (χ0v) is 19.0. The molecule has 0 amide bonds. The minimum absolute atomic E-state index is 0.158. The van der Waals surface area contributed by atoms with Crippen molar-refractivity contribution < 1.29 is 22.6 Å². The number of aryl methyl sites for hydroxylation is 1. The molecule has 1 aromatic heterocycles. The van der Waals surface area contributed by atoms with Crippen LogP contribution in [0.15, 0.2) is 63.8 Å². The standard InChI is InChI=1S/C25H24F3N5O2/c1-15-2-7-20-22(34-11-9-15)12-16(14-30-20)23-21-13-18(8-10-29-23)32-24(33-21)31-17-3-5-19(6-4-17)35-25(26,27)28/h3-6,8,10,12,14-15,18H,2,7,9,11,13H2,1H3,(H,31,32). The summed E-state index contributed by atoms with van der Waals surface area (Å²) in [6.07, 6.45) is 4.22. The molecule has 10 heteroatoms. The van der Waals surface area contributed by atoms with Crippen molar-refractivity contribution in [3.05, 3.63) is 60.1 Å². The lowest BCUT2D eigenvalue weighted by molar-refractivity contribution is -0.274. The lowest BCUT2D eigenvalue weighted by atomic mass is 9.97. The number of nitrogens with zero attached hydrogens (tertiary/aromatic N) is 4. The maximum absolute atomic E-state index is 12.4. The SMILES string of the molecule is CC1CCOc2cc(C3=NC=CC4CC3=NC(Nc3ccc(OC(F)(F)F)cc3)=N4)cnc2CC1. The number of aliphatic imine (C=N–C) groups is 3. The number of halogens is 3. The zero-order valence-electron chi connectivity index (χ0n) is 19.0. The quantitative estimate of drug-likeness (QED) is 0.640. The maximum atomic E-state index is 12.4. The van der Waals surface area contributed by atoms with Crippen LogP contribution >= 0.6 is 0 Å². The Morgan fingerprint density at radius 2 is 1.97 bits per heavy atom. The fourth-order valence-electron chi connectivity index (χ4n) is 4.14. The predicted octanol–water partition coefficient (Wildman–Crippen LogP) is 5.33. The number of pyridine rings is 1. The predicted molar refractivity (Wildman–Crippen MR) is 128 cm³/mol. The Bertz CT molecular complexity index is 1220. The lowest BCUT2D eigenvalue weighted by Gasteiger charge is -2.21. The normalized spacial score (nSPS) is 21.8. The van der Waals surface area contributed by atoms with Gasteiger partial charge >= 0.3 is 6.36 Å². The van der Waals surface area contributed by atoms with Crippen LogP contribution in [0, 0.1) is 5.92 Å². The molecule has 35 heavy (non-hydrogen) atoms. The van der Waals surface area contributed by atoms with Gasteiger partial charge in [0.15, 0.2) is 0 Å². The third-order valence-electron chi connectivity index (χ3n) is 6.01. The average Bonchev–Trinajstić information content (AvgIpc) is 2.94. The number of hydrogen-bond donors (Lipinski definition) is 1. The number of guanidine groups is 1. The second kappa shape index (κ2) is 9.52. The number of anilines is 1. The molecule has 0 radical (unpaired) electrons. The van der Waals surface area contributed by atoms with Gasteiger partial charge in [-0.1, -0.05) is 6.92 Å². The van der Waals surface area contributed by atoms with Gasteiger partial charge in [-0.05, 0) is 61.6 Å². The van der Waals surface area contributed by atoms with Crippen LogP contribution in [0.1, 0.15) is 37.4 Å². The second-order valence-electron chi connectivity index (χ2n) is 8.75. The highest BCUT2D eigenvalue weighted by Crippen LogP contribution is 2.28. The molecule has 2 unspecified atom stereocenters. The van der Waals surface area contributed by atoms with Crippen LogP contribution in [0.5, 0.6) is 11.5 Å². The fourth-order valence-corrected chi connectivity index (χ4v) is 4.14. The van der Waals surface area contributed by atoms with Gasteiger partial charge in [0.25, 0.3) is 0 Å².